The summed E-state index contributed by atoms with van der Waals surface area (Å²) in [6.45, 7) is 11.0. The van der Waals surface area contributed by atoms with Gasteiger partial charge in [-0.2, -0.15) is 0 Å². The van der Waals surface area contributed by atoms with Crippen LogP contribution in [0.25, 0.3) is 0 Å². The Morgan fingerprint density at radius 3 is 2.47 bits per heavy atom. The average Bonchev–Trinajstić information content (AvgIpc) is 2.29. The van der Waals surface area contributed by atoms with Crippen molar-refractivity contribution < 1.29 is 4.74 Å². The number of rotatable bonds is 6. The molecule has 0 bridgehead atoms. The summed E-state index contributed by atoms with van der Waals surface area (Å²) in [5.74, 6) is 1.63. The molecule has 0 aliphatic carbocycles. The molecule has 0 saturated carbocycles. The van der Waals surface area contributed by atoms with Crippen molar-refractivity contribution in [2.45, 2.75) is 34.2 Å². The predicted octanol–water partition coefficient (Wildman–Crippen LogP) is 3.47. The third-order valence-electron chi connectivity index (χ3n) is 3.65. The summed E-state index contributed by atoms with van der Waals surface area (Å²) < 4.78 is 5.34. The van der Waals surface area contributed by atoms with Gasteiger partial charge >= 0.3 is 0 Å². The van der Waals surface area contributed by atoms with E-state index in [9.17, 15) is 0 Å². The van der Waals surface area contributed by atoms with Gasteiger partial charge < -0.3 is 10.1 Å². The first-order valence-electron chi connectivity index (χ1n) is 6.30. The van der Waals surface area contributed by atoms with Gasteiger partial charge in [-0.15, -0.1) is 0 Å². The monoisotopic (exact) mass is 235 g/mol. The zero-order valence-corrected chi connectivity index (χ0v) is 11.7. The van der Waals surface area contributed by atoms with Gasteiger partial charge in [-0.05, 0) is 17.4 Å². The van der Waals surface area contributed by atoms with E-state index < -0.39 is 0 Å². The Morgan fingerprint density at radius 2 is 1.88 bits per heavy atom. The summed E-state index contributed by atoms with van der Waals surface area (Å²) in [5, 5.41) is 3.52. The average molecular weight is 235 g/mol. The van der Waals surface area contributed by atoms with Crippen molar-refractivity contribution in [3.8, 4) is 5.75 Å². The number of methoxy groups -OCH3 is 1. The summed E-state index contributed by atoms with van der Waals surface area (Å²) in [7, 11) is 1.72. The first-order chi connectivity index (χ1) is 7.97. The van der Waals surface area contributed by atoms with E-state index in [1.165, 1.54) is 5.56 Å². The molecule has 17 heavy (non-hydrogen) atoms. The van der Waals surface area contributed by atoms with E-state index in [1.54, 1.807) is 7.11 Å². The Kier molecular flexibility index (Phi) is 5.01. The van der Waals surface area contributed by atoms with Gasteiger partial charge in [-0.1, -0.05) is 45.9 Å². The smallest absolute Gasteiger partial charge is 0.123 e. The van der Waals surface area contributed by atoms with Gasteiger partial charge in [0.2, 0.25) is 0 Å². The Bertz CT molecular complexity index is 345. The third kappa shape index (κ3) is 4.04. The molecule has 0 unspecified atom stereocenters. The van der Waals surface area contributed by atoms with Gasteiger partial charge in [0.15, 0.2) is 0 Å². The highest BCUT2D eigenvalue weighted by Crippen LogP contribution is 2.25. The molecule has 0 fully saturated rings. The molecule has 0 amide bonds. The minimum Gasteiger partial charge on any atom is -0.496 e. The highest BCUT2D eigenvalue weighted by molar-refractivity contribution is 5.32. The Morgan fingerprint density at radius 1 is 1.24 bits per heavy atom. The maximum absolute atomic E-state index is 5.34. The molecule has 0 spiro atoms. The molecular weight excluding hydrogens is 210 g/mol. The number of hydrogen-bond acceptors (Lipinski definition) is 2. The van der Waals surface area contributed by atoms with E-state index >= 15 is 0 Å². The summed E-state index contributed by atoms with van der Waals surface area (Å²) in [4.78, 5) is 0. The Labute approximate surface area is 105 Å². The molecule has 1 aromatic carbocycles. The largest absolute Gasteiger partial charge is 0.496 e. The summed E-state index contributed by atoms with van der Waals surface area (Å²) in [5.41, 5.74) is 1.54. The molecule has 2 heteroatoms. The molecule has 0 aromatic heterocycles. The van der Waals surface area contributed by atoms with Crippen LogP contribution in [-0.2, 0) is 6.54 Å². The molecule has 1 N–H and O–H groups in total. The van der Waals surface area contributed by atoms with Gasteiger partial charge in [0.25, 0.3) is 0 Å². The standard InChI is InChI=1S/C15H25NO/c1-12(2)15(3,4)11-16-10-13-8-6-7-9-14(13)17-5/h6-9,12,16H,10-11H2,1-5H3. The van der Waals surface area contributed by atoms with Crippen molar-refractivity contribution in [3.05, 3.63) is 29.8 Å². The zero-order valence-electron chi connectivity index (χ0n) is 11.7. The van der Waals surface area contributed by atoms with Crippen LogP contribution in [0.15, 0.2) is 24.3 Å². The molecule has 0 aliphatic rings. The fraction of sp³-hybridized carbons (Fsp3) is 0.600. The SMILES string of the molecule is COc1ccccc1CNCC(C)(C)C(C)C. The van der Waals surface area contributed by atoms with Crippen LogP contribution in [0.2, 0.25) is 0 Å². The van der Waals surface area contributed by atoms with Gasteiger partial charge in [0.1, 0.15) is 5.75 Å². The lowest BCUT2D eigenvalue weighted by Gasteiger charge is -2.29. The van der Waals surface area contributed by atoms with Crippen molar-refractivity contribution in [1.29, 1.82) is 0 Å². The first-order valence-corrected chi connectivity index (χ1v) is 6.30. The number of para-hydroxylation sites is 1. The number of ether oxygens (including phenoxy) is 1. The van der Waals surface area contributed by atoms with Crippen molar-refractivity contribution in [3.63, 3.8) is 0 Å². The van der Waals surface area contributed by atoms with Crippen molar-refractivity contribution in [2.75, 3.05) is 13.7 Å². The van der Waals surface area contributed by atoms with Crippen molar-refractivity contribution in [2.24, 2.45) is 11.3 Å². The summed E-state index contributed by atoms with van der Waals surface area (Å²) >= 11 is 0. The van der Waals surface area contributed by atoms with Gasteiger partial charge in [-0.25, -0.2) is 0 Å². The van der Waals surface area contributed by atoms with Crippen LogP contribution in [0.3, 0.4) is 0 Å². The van der Waals surface area contributed by atoms with Gasteiger partial charge in [0, 0.05) is 18.7 Å². The van der Waals surface area contributed by atoms with Crippen LogP contribution < -0.4 is 10.1 Å². The van der Waals surface area contributed by atoms with Crippen LogP contribution in [0.5, 0.6) is 5.75 Å². The molecule has 0 saturated heterocycles. The first kappa shape index (κ1) is 14.0. The number of benzene rings is 1. The van der Waals surface area contributed by atoms with Crippen LogP contribution in [0.1, 0.15) is 33.3 Å². The highest BCUT2D eigenvalue weighted by atomic mass is 16.5. The van der Waals surface area contributed by atoms with E-state index in [0.29, 0.717) is 11.3 Å². The van der Waals surface area contributed by atoms with Crippen LogP contribution in [0, 0.1) is 11.3 Å². The maximum atomic E-state index is 5.34. The molecular formula is C15H25NO. The highest BCUT2D eigenvalue weighted by Gasteiger charge is 2.21. The fourth-order valence-electron chi connectivity index (χ4n) is 1.57. The lowest BCUT2D eigenvalue weighted by molar-refractivity contribution is 0.237. The van der Waals surface area contributed by atoms with Gasteiger partial charge in [-0.3, -0.25) is 0 Å². The zero-order chi connectivity index (χ0) is 12.9. The van der Waals surface area contributed by atoms with E-state index in [-0.39, 0.29) is 0 Å². The number of hydrogen-bond donors (Lipinski definition) is 1. The second-order valence-electron chi connectivity index (χ2n) is 5.56. The van der Waals surface area contributed by atoms with E-state index in [2.05, 4.69) is 39.1 Å². The lowest BCUT2D eigenvalue weighted by Crippen LogP contribution is -2.33. The molecule has 0 atom stereocenters. The van der Waals surface area contributed by atoms with E-state index in [4.69, 9.17) is 4.74 Å². The molecule has 1 aromatic rings. The maximum Gasteiger partial charge on any atom is 0.123 e. The van der Waals surface area contributed by atoms with Crippen molar-refractivity contribution >= 4 is 0 Å². The molecule has 0 heterocycles. The van der Waals surface area contributed by atoms with Crippen LogP contribution >= 0.6 is 0 Å². The topological polar surface area (TPSA) is 21.3 Å². The molecule has 0 radical (unpaired) electrons. The van der Waals surface area contributed by atoms with Crippen LogP contribution in [0.4, 0.5) is 0 Å². The normalized spacial score (nSPS) is 11.9. The lowest BCUT2D eigenvalue weighted by atomic mass is 9.81. The van der Waals surface area contributed by atoms with Gasteiger partial charge in [0.05, 0.1) is 7.11 Å². The molecule has 1 rings (SSSR count). The fourth-order valence-corrected chi connectivity index (χ4v) is 1.57. The summed E-state index contributed by atoms with van der Waals surface area (Å²) in [6, 6.07) is 8.16. The van der Waals surface area contributed by atoms with E-state index in [0.717, 1.165) is 18.8 Å². The molecule has 96 valence electrons. The predicted molar refractivity (Wildman–Crippen MR) is 73.3 cm³/mol. The second kappa shape index (κ2) is 6.06. The quantitative estimate of drug-likeness (QED) is 0.815. The number of nitrogens with one attached hydrogen (secondary N) is 1. The Hall–Kier alpha value is -1.02. The Balaban J connectivity index is 2.51. The molecule has 2 nitrogen and oxygen atoms in total. The minimum absolute atomic E-state index is 0.321. The van der Waals surface area contributed by atoms with E-state index in [1.807, 2.05) is 18.2 Å². The molecule has 0 aliphatic heterocycles. The third-order valence-corrected chi connectivity index (χ3v) is 3.65. The van der Waals surface area contributed by atoms with Crippen molar-refractivity contribution in [1.82, 2.24) is 5.32 Å². The second-order valence-corrected chi connectivity index (χ2v) is 5.56. The van der Waals surface area contributed by atoms with Crippen LogP contribution in [-0.4, -0.2) is 13.7 Å². The minimum atomic E-state index is 0.321. The summed E-state index contributed by atoms with van der Waals surface area (Å²) in [6.07, 6.45) is 0.